The summed E-state index contributed by atoms with van der Waals surface area (Å²) in [6.45, 7) is 13.8. The van der Waals surface area contributed by atoms with Crippen molar-refractivity contribution in [1.82, 2.24) is 9.80 Å². The van der Waals surface area contributed by atoms with E-state index in [-0.39, 0.29) is 36.8 Å². The number of carbonyl (C=O) groups excluding carboxylic acids is 3. The molecule has 8 heteroatoms. The number of benzene rings is 2. The second kappa shape index (κ2) is 11.3. The first-order chi connectivity index (χ1) is 20.1. The molecule has 224 valence electrons. The first-order valence-corrected chi connectivity index (χ1v) is 15.0. The standard InChI is InChI=1S/C34H43N3O5/c1-7-18-35(6)30(39)27-28-31(40)37(26(21-38)22(4)5)29(34(28)17-16-33(27,9-3)42-34)32(41)36(19-8-2)25-15-14-23-12-10-11-13-24(23)20-25/h7-8,10-15,20,22,26-29,38H,1-2,9,16-19,21H2,3-6H3/t26-,27-,28-,29?,33+,34?/m0/s1. The van der Waals surface area contributed by atoms with Gasteiger partial charge in [-0.1, -0.05) is 63.3 Å². The number of rotatable bonds is 11. The van der Waals surface area contributed by atoms with Gasteiger partial charge in [0.05, 0.1) is 30.1 Å². The number of likely N-dealkylation sites (N-methyl/N-ethyl adjacent to an activating group) is 1. The Bertz CT molecular complexity index is 1410. The fraction of sp³-hybridized carbons (Fsp3) is 0.500. The summed E-state index contributed by atoms with van der Waals surface area (Å²) < 4.78 is 6.94. The lowest BCUT2D eigenvalue weighted by Gasteiger charge is -2.40. The SMILES string of the molecule is C=CCN(C)C(=O)[C@@H]1[C@H]2C(=O)N([C@@H](CO)C(C)C)C(C(=O)N(CC=C)c3ccc4ccccc4c3)C23CC[C@@]1(CC)O3. The van der Waals surface area contributed by atoms with Gasteiger partial charge < -0.3 is 24.5 Å². The Labute approximate surface area is 248 Å². The molecule has 8 nitrogen and oxygen atoms in total. The predicted molar refractivity (Wildman–Crippen MR) is 164 cm³/mol. The zero-order valence-electron chi connectivity index (χ0n) is 25.2. The molecule has 2 aromatic rings. The van der Waals surface area contributed by atoms with Crippen LogP contribution in [0.5, 0.6) is 0 Å². The van der Waals surface area contributed by atoms with Crippen LogP contribution in [0.4, 0.5) is 5.69 Å². The van der Waals surface area contributed by atoms with Crippen molar-refractivity contribution in [3.8, 4) is 0 Å². The molecule has 0 aromatic heterocycles. The molecule has 0 saturated carbocycles. The van der Waals surface area contributed by atoms with E-state index in [2.05, 4.69) is 13.2 Å². The largest absolute Gasteiger partial charge is 0.394 e. The Kier molecular flexibility index (Phi) is 8.07. The lowest BCUT2D eigenvalue weighted by atomic mass is 9.64. The first kappa shape index (κ1) is 30.0. The van der Waals surface area contributed by atoms with Crippen molar-refractivity contribution < 1.29 is 24.2 Å². The molecule has 3 amide bonds. The van der Waals surface area contributed by atoms with Gasteiger partial charge in [-0.25, -0.2) is 0 Å². The molecule has 0 aliphatic carbocycles. The number of amides is 3. The monoisotopic (exact) mass is 573 g/mol. The molecule has 2 bridgehead atoms. The number of carbonyl (C=O) groups is 3. The van der Waals surface area contributed by atoms with E-state index in [9.17, 15) is 19.5 Å². The Morgan fingerprint density at radius 1 is 1.10 bits per heavy atom. The van der Waals surface area contributed by atoms with Gasteiger partial charge in [0.15, 0.2) is 0 Å². The molecular formula is C34H43N3O5. The van der Waals surface area contributed by atoms with Crippen LogP contribution in [0.15, 0.2) is 67.8 Å². The fourth-order valence-electron chi connectivity index (χ4n) is 7.75. The Morgan fingerprint density at radius 2 is 1.79 bits per heavy atom. The van der Waals surface area contributed by atoms with Gasteiger partial charge in [0.2, 0.25) is 11.8 Å². The lowest BCUT2D eigenvalue weighted by Crippen LogP contribution is -2.60. The van der Waals surface area contributed by atoms with Gasteiger partial charge in [0.1, 0.15) is 11.6 Å². The summed E-state index contributed by atoms with van der Waals surface area (Å²) in [6.07, 6.45) is 4.94. The van der Waals surface area contributed by atoms with Crippen LogP contribution in [0.1, 0.15) is 40.0 Å². The molecule has 5 rings (SSSR count). The highest BCUT2D eigenvalue weighted by molar-refractivity contribution is 6.06. The van der Waals surface area contributed by atoms with Crippen molar-refractivity contribution >= 4 is 34.2 Å². The Hall–Kier alpha value is -3.49. The van der Waals surface area contributed by atoms with Crippen LogP contribution in [-0.2, 0) is 19.1 Å². The van der Waals surface area contributed by atoms with Gasteiger partial charge in [-0.05, 0) is 48.1 Å². The smallest absolute Gasteiger partial charge is 0.253 e. The van der Waals surface area contributed by atoms with Crippen molar-refractivity contribution in [2.24, 2.45) is 17.8 Å². The minimum atomic E-state index is -1.18. The summed E-state index contributed by atoms with van der Waals surface area (Å²) in [7, 11) is 1.71. The molecule has 1 spiro atoms. The minimum absolute atomic E-state index is 0.132. The van der Waals surface area contributed by atoms with E-state index in [1.165, 1.54) is 0 Å². The molecule has 6 atom stereocenters. The number of aliphatic hydroxyl groups is 1. The summed E-state index contributed by atoms with van der Waals surface area (Å²) in [5.41, 5.74) is -1.33. The van der Waals surface area contributed by atoms with Gasteiger partial charge in [-0.3, -0.25) is 14.4 Å². The zero-order chi connectivity index (χ0) is 30.4. The zero-order valence-corrected chi connectivity index (χ0v) is 25.2. The molecule has 3 aliphatic heterocycles. The van der Waals surface area contributed by atoms with Crippen molar-refractivity contribution in [3.05, 3.63) is 67.8 Å². The number of hydrogen-bond acceptors (Lipinski definition) is 5. The van der Waals surface area contributed by atoms with E-state index in [0.29, 0.717) is 31.5 Å². The quantitative estimate of drug-likeness (QED) is 0.408. The Balaban J connectivity index is 1.66. The third-order valence-corrected chi connectivity index (χ3v) is 9.83. The maximum atomic E-state index is 14.9. The summed E-state index contributed by atoms with van der Waals surface area (Å²) in [6, 6.07) is 12.2. The number of aliphatic hydroxyl groups excluding tert-OH is 1. The number of likely N-dealkylation sites (tertiary alicyclic amines) is 1. The van der Waals surface area contributed by atoms with Gasteiger partial charge in [0, 0.05) is 25.8 Å². The number of hydrogen-bond donors (Lipinski definition) is 1. The second-order valence-corrected chi connectivity index (χ2v) is 12.3. The molecule has 3 aliphatic rings. The average Bonchev–Trinajstić information content (AvgIpc) is 3.59. The highest BCUT2D eigenvalue weighted by atomic mass is 16.5. The minimum Gasteiger partial charge on any atom is -0.394 e. The van der Waals surface area contributed by atoms with Gasteiger partial charge in [-0.15, -0.1) is 13.2 Å². The molecule has 3 saturated heterocycles. The van der Waals surface area contributed by atoms with Crippen molar-refractivity contribution in [2.45, 2.75) is 63.3 Å². The van der Waals surface area contributed by atoms with E-state index in [1.54, 1.807) is 33.9 Å². The third kappa shape index (κ3) is 4.38. The van der Waals surface area contributed by atoms with Crippen LogP contribution in [0.2, 0.25) is 0 Å². The summed E-state index contributed by atoms with van der Waals surface area (Å²) in [5.74, 6) is -2.44. The average molecular weight is 574 g/mol. The normalized spacial score (nSPS) is 28.7. The summed E-state index contributed by atoms with van der Waals surface area (Å²) in [5, 5.41) is 12.6. The molecular weight excluding hydrogens is 530 g/mol. The van der Waals surface area contributed by atoms with E-state index < -0.39 is 35.1 Å². The third-order valence-electron chi connectivity index (χ3n) is 9.83. The van der Waals surface area contributed by atoms with Crippen LogP contribution >= 0.6 is 0 Å². The van der Waals surface area contributed by atoms with Crippen molar-refractivity contribution in [1.29, 1.82) is 0 Å². The number of anilines is 1. The van der Waals surface area contributed by atoms with Crippen LogP contribution in [0, 0.1) is 17.8 Å². The van der Waals surface area contributed by atoms with Crippen LogP contribution < -0.4 is 4.90 Å². The molecule has 2 aromatic carbocycles. The molecule has 3 fully saturated rings. The fourth-order valence-corrected chi connectivity index (χ4v) is 7.75. The van der Waals surface area contributed by atoms with E-state index in [0.717, 1.165) is 10.8 Å². The topological polar surface area (TPSA) is 90.4 Å². The molecule has 3 heterocycles. The highest BCUT2D eigenvalue weighted by Gasteiger charge is 2.79. The van der Waals surface area contributed by atoms with E-state index >= 15 is 0 Å². The summed E-state index contributed by atoms with van der Waals surface area (Å²) >= 11 is 0. The summed E-state index contributed by atoms with van der Waals surface area (Å²) in [4.78, 5) is 48.3. The van der Waals surface area contributed by atoms with Crippen LogP contribution in [0.3, 0.4) is 0 Å². The number of nitrogens with zero attached hydrogens (tertiary/aromatic N) is 3. The molecule has 0 radical (unpaired) electrons. The van der Waals surface area contributed by atoms with Crippen LogP contribution in [0.25, 0.3) is 10.8 Å². The highest BCUT2D eigenvalue weighted by Crippen LogP contribution is 2.65. The molecule has 42 heavy (non-hydrogen) atoms. The number of fused-ring (bicyclic) bond motifs is 2. The number of ether oxygens (including phenoxy) is 1. The van der Waals surface area contributed by atoms with Crippen molar-refractivity contribution in [2.75, 3.05) is 31.6 Å². The second-order valence-electron chi connectivity index (χ2n) is 12.3. The van der Waals surface area contributed by atoms with Gasteiger partial charge in [0.25, 0.3) is 5.91 Å². The molecule has 2 unspecified atom stereocenters. The van der Waals surface area contributed by atoms with Crippen LogP contribution in [-0.4, -0.2) is 82.7 Å². The van der Waals surface area contributed by atoms with E-state index in [1.807, 2.05) is 63.2 Å². The van der Waals surface area contributed by atoms with Crippen molar-refractivity contribution in [3.63, 3.8) is 0 Å². The maximum absolute atomic E-state index is 14.9. The predicted octanol–water partition coefficient (Wildman–Crippen LogP) is 4.17. The Morgan fingerprint density at radius 3 is 2.40 bits per heavy atom. The van der Waals surface area contributed by atoms with Gasteiger partial charge in [-0.2, -0.15) is 0 Å². The molecule has 1 N–H and O–H groups in total. The van der Waals surface area contributed by atoms with Gasteiger partial charge >= 0.3 is 0 Å². The van der Waals surface area contributed by atoms with E-state index in [4.69, 9.17) is 4.74 Å². The first-order valence-electron chi connectivity index (χ1n) is 15.0. The lowest BCUT2D eigenvalue weighted by molar-refractivity contribution is -0.153. The maximum Gasteiger partial charge on any atom is 0.253 e.